The van der Waals surface area contributed by atoms with E-state index in [1.807, 2.05) is 18.2 Å². The number of ether oxygens (including phenoxy) is 1. The van der Waals surface area contributed by atoms with Crippen LogP contribution in [0.3, 0.4) is 0 Å². The van der Waals surface area contributed by atoms with Gasteiger partial charge in [-0.25, -0.2) is 0 Å². The van der Waals surface area contributed by atoms with Gasteiger partial charge in [-0.1, -0.05) is 11.6 Å². The number of amides is 1. The van der Waals surface area contributed by atoms with Crippen LogP contribution in [-0.2, 0) is 0 Å². The van der Waals surface area contributed by atoms with Gasteiger partial charge in [-0.2, -0.15) is 0 Å². The lowest BCUT2D eigenvalue weighted by atomic mass is 10.2. The number of anilines is 3. The molecule has 2 heterocycles. The predicted octanol–water partition coefficient (Wildman–Crippen LogP) is 3.12. The highest BCUT2D eigenvalue weighted by Crippen LogP contribution is 2.22. The standard InChI is InChI=1S/C19H19ClN6O2/c1-28-16-3-2-13(20)12-15(16)19(27)23-11-10-22-17-4-5-18(26-25-17)24-14-6-8-21-9-7-14/h2-9,12H,10-11H2,1H3,(H,22,25)(H,23,27)(H,21,24,26). The summed E-state index contributed by atoms with van der Waals surface area (Å²) in [4.78, 5) is 16.2. The van der Waals surface area contributed by atoms with Crippen molar-refractivity contribution in [3.05, 3.63) is 65.4 Å². The van der Waals surface area contributed by atoms with E-state index < -0.39 is 0 Å². The van der Waals surface area contributed by atoms with E-state index in [2.05, 4.69) is 31.1 Å². The van der Waals surface area contributed by atoms with Crippen molar-refractivity contribution in [2.24, 2.45) is 0 Å². The van der Waals surface area contributed by atoms with Crippen molar-refractivity contribution >= 4 is 34.8 Å². The van der Waals surface area contributed by atoms with E-state index in [-0.39, 0.29) is 5.91 Å². The number of carbonyl (C=O) groups excluding carboxylic acids is 1. The van der Waals surface area contributed by atoms with Crippen molar-refractivity contribution in [2.75, 3.05) is 30.8 Å². The molecule has 2 aromatic heterocycles. The summed E-state index contributed by atoms with van der Waals surface area (Å²) in [5.74, 6) is 1.44. The Balaban J connectivity index is 1.46. The molecule has 3 aromatic rings. The predicted molar refractivity (Wildman–Crippen MR) is 108 cm³/mol. The number of hydrogen-bond acceptors (Lipinski definition) is 7. The Morgan fingerprint density at radius 2 is 1.79 bits per heavy atom. The Bertz CT molecular complexity index is 921. The van der Waals surface area contributed by atoms with Gasteiger partial charge in [0.25, 0.3) is 5.91 Å². The molecule has 0 spiro atoms. The second-order valence-corrected chi connectivity index (χ2v) is 6.13. The first kappa shape index (κ1) is 19.4. The molecule has 3 N–H and O–H groups in total. The number of pyridine rings is 1. The molecule has 0 unspecified atom stereocenters. The van der Waals surface area contributed by atoms with Crippen LogP contribution >= 0.6 is 11.6 Å². The number of halogens is 1. The zero-order chi connectivity index (χ0) is 19.8. The first-order chi connectivity index (χ1) is 13.7. The summed E-state index contributed by atoms with van der Waals surface area (Å²) in [6.07, 6.45) is 3.39. The van der Waals surface area contributed by atoms with E-state index in [4.69, 9.17) is 16.3 Å². The third kappa shape index (κ3) is 5.31. The van der Waals surface area contributed by atoms with E-state index in [0.29, 0.717) is 41.1 Å². The molecule has 0 aliphatic carbocycles. The highest BCUT2D eigenvalue weighted by Gasteiger charge is 2.12. The van der Waals surface area contributed by atoms with Crippen molar-refractivity contribution in [1.29, 1.82) is 0 Å². The van der Waals surface area contributed by atoms with Crippen LogP contribution in [0.1, 0.15) is 10.4 Å². The molecule has 0 bridgehead atoms. The number of nitrogens with one attached hydrogen (secondary N) is 3. The van der Waals surface area contributed by atoms with E-state index in [9.17, 15) is 4.79 Å². The number of rotatable bonds is 8. The molecule has 144 valence electrons. The molecule has 0 saturated heterocycles. The van der Waals surface area contributed by atoms with Gasteiger partial charge in [0.1, 0.15) is 11.6 Å². The SMILES string of the molecule is COc1ccc(Cl)cc1C(=O)NCCNc1ccc(Nc2ccncc2)nn1. The monoisotopic (exact) mass is 398 g/mol. The fourth-order valence-electron chi connectivity index (χ4n) is 2.40. The van der Waals surface area contributed by atoms with Gasteiger partial charge in [0.15, 0.2) is 5.82 Å². The van der Waals surface area contributed by atoms with E-state index >= 15 is 0 Å². The first-order valence-corrected chi connectivity index (χ1v) is 8.90. The average molecular weight is 399 g/mol. The van der Waals surface area contributed by atoms with Crippen LogP contribution in [0.2, 0.25) is 5.02 Å². The summed E-state index contributed by atoms with van der Waals surface area (Å²) in [5.41, 5.74) is 1.27. The van der Waals surface area contributed by atoms with Gasteiger partial charge in [0.05, 0.1) is 12.7 Å². The Hall–Kier alpha value is -3.39. The first-order valence-electron chi connectivity index (χ1n) is 8.52. The zero-order valence-electron chi connectivity index (χ0n) is 15.1. The summed E-state index contributed by atoms with van der Waals surface area (Å²) in [7, 11) is 1.51. The number of hydrogen-bond donors (Lipinski definition) is 3. The van der Waals surface area contributed by atoms with Gasteiger partial charge < -0.3 is 20.7 Å². The van der Waals surface area contributed by atoms with Gasteiger partial charge in [0.2, 0.25) is 0 Å². The molecule has 3 rings (SSSR count). The van der Waals surface area contributed by atoms with Crippen molar-refractivity contribution in [3.8, 4) is 5.75 Å². The van der Waals surface area contributed by atoms with Crippen LogP contribution in [0.4, 0.5) is 17.3 Å². The number of benzene rings is 1. The highest BCUT2D eigenvalue weighted by molar-refractivity contribution is 6.31. The minimum Gasteiger partial charge on any atom is -0.496 e. The number of nitrogens with zero attached hydrogens (tertiary/aromatic N) is 3. The van der Waals surface area contributed by atoms with Crippen molar-refractivity contribution in [1.82, 2.24) is 20.5 Å². The lowest BCUT2D eigenvalue weighted by Gasteiger charge is -2.10. The third-order valence-electron chi connectivity index (χ3n) is 3.74. The van der Waals surface area contributed by atoms with Crippen molar-refractivity contribution in [3.63, 3.8) is 0 Å². The maximum Gasteiger partial charge on any atom is 0.255 e. The van der Waals surface area contributed by atoms with Gasteiger partial charge in [-0.3, -0.25) is 9.78 Å². The third-order valence-corrected chi connectivity index (χ3v) is 3.98. The van der Waals surface area contributed by atoms with Crippen LogP contribution in [0.25, 0.3) is 0 Å². The number of methoxy groups -OCH3 is 1. The van der Waals surface area contributed by atoms with Crippen molar-refractivity contribution in [2.45, 2.75) is 0 Å². The molecule has 8 nitrogen and oxygen atoms in total. The van der Waals surface area contributed by atoms with E-state index in [1.165, 1.54) is 7.11 Å². The van der Waals surface area contributed by atoms with Crippen molar-refractivity contribution < 1.29 is 9.53 Å². The summed E-state index contributed by atoms with van der Waals surface area (Å²) in [6, 6.07) is 12.2. The Labute approximate surface area is 167 Å². The van der Waals surface area contributed by atoms with Gasteiger partial charge in [-0.15, -0.1) is 10.2 Å². The van der Waals surface area contributed by atoms with Crippen LogP contribution in [-0.4, -0.2) is 41.3 Å². The van der Waals surface area contributed by atoms with Crippen LogP contribution in [0.15, 0.2) is 54.9 Å². The lowest BCUT2D eigenvalue weighted by Crippen LogP contribution is -2.29. The molecule has 0 atom stereocenters. The van der Waals surface area contributed by atoms with E-state index in [1.54, 1.807) is 36.7 Å². The minimum atomic E-state index is -0.260. The molecule has 9 heteroatoms. The van der Waals surface area contributed by atoms with Gasteiger partial charge >= 0.3 is 0 Å². The molecule has 0 fully saturated rings. The summed E-state index contributed by atoms with van der Waals surface area (Å²) in [6.45, 7) is 0.883. The Morgan fingerprint density at radius 3 is 2.50 bits per heavy atom. The topological polar surface area (TPSA) is 101 Å². The highest BCUT2D eigenvalue weighted by atomic mass is 35.5. The molecule has 0 radical (unpaired) electrons. The molecule has 28 heavy (non-hydrogen) atoms. The van der Waals surface area contributed by atoms with Gasteiger partial charge in [0, 0.05) is 36.2 Å². The number of carbonyl (C=O) groups is 1. The fourth-order valence-corrected chi connectivity index (χ4v) is 2.57. The Kier molecular flexibility index (Phi) is 6.59. The van der Waals surface area contributed by atoms with Crippen LogP contribution < -0.4 is 20.7 Å². The van der Waals surface area contributed by atoms with Crippen LogP contribution in [0, 0.1) is 0 Å². The zero-order valence-corrected chi connectivity index (χ0v) is 15.9. The average Bonchev–Trinajstić information content (AvgIpc) is 2.73. The number of aromatic nitrogens is 3. The second kappa shape index (κ2) is 9.52. The maximum atomic E-state index is 12.3. The largest absolute Gasteiger partial charge is 0.496 e. The molecular weight excluding hydrogens is 380 g/mol. The van der Waals surface area contributed by atoms with E-state index in [0.717, 1.165) is 5.69 Å². The smallest absolute Gasteiger partial charge is 0.255 e. The molecule has 0 aliphatic heterocycles. The normalized spacial score (nSPS) is 10.2. The summed E-state index contributed by atoms with van der Waals surface area (Å²) in [5, 5.41) is 17.7. The summed E-state index contributed by atoms with van der Waals surface area (Å²) >= 11 is 5.95. The molecule has 0 aliphatic rings. The quantitative estimate of drug-likeness (QED) is 0.501. The Morgan fingerprint density at radius 1 is 1.04 bits per heavy atom. The molecular formula is C19H19ClN6O2. The molecule has 1 amide bonds. The maximum absolute atomic E-state index is 12.3. The summed E-state index contributed by atoms with van der Waals surface area (Å²) < 4.78 is 5.19. The molecule has 1 aromatic carbocycles. The van der Waals surface area contributed by atoms with Gasteiger partial charge in [-0.05, 0) is 42.5 Å². The fraction of sp³-hybridized carbons (Fsp3) is 0.158. The molecule has 0 saturated carbocycles. The van der Waals surface area contributed by atoms with Crippen LogP contribution in [0.5, 0.6) is 5.75 Å². The second-order valence-electron chi connectivity index (χ2n) is 5.69. The minimum absolute atomic E-state index is 0.260. The lowest BCUT2D eigenvalue weighted by molar-refractivity contribution is 0.0952.